The highest BCUT2D eigenvalue weighted by molar-refractivity contribution is 5.30. The molecule has 2 N–H and O–H groups in total. The van der Waals surface area contributed by atoms with E-state index in [0.717, 1.165) is 38.3 Å². The normalized spacial score (nSPS) is 28.5. The van der Waals surface area contributed by atoms with Crippen molar-refractivity contribution in [2.24, 2.45) is 0 Å². The second-order valence-electron chi connectivity index (χ2n) is 4.99. The molecule has 1 aromatic carbocycles. The van der Waals surface area contributed by atoms with Gasteiger partial charge >= 0.3 is 0 Å². The zero-order chi connectivity index (χ0) is 11.5. The van der Waals surface area contributed by atoms with Gasteiger partial charge in [0.2, 0.25) is 0 Å². The van der Waals surface area contributed by atoms with Gasteiger partial charge < -0.3 is 15.4 Å². The Bertz CT molecular complexity index is 351. The van der Waals surface area contributed by atoms with Crippen LogP contribution in [0.25, 0.3) is 0 Å². The van der Waals surface area contributed by atoms with Crippen LogP contribution in [0.5, 0.6) is 5.75 Å². The van der Waals surface area contributed by atoms with E-state index in [1.54, 1.807) is 0 Å². The zero-order valence-electron chi connectivity index (χ0n) is 10.1. The van der Waals surface area contributed by atoms with Gasteiger partial charge in [-0.15, -0.1) is 0 Å². The van der Waals surface area contributed by atoms with Gasteiger partial charge in [-0.1, -0.05) is 12.1 Å². The summed E-state index contributed by atoms with van der Waals surface area (Å²) in [5, 5.41) is 6.72. The molecule has 2 aliphatic heterocycles. The van der Waals surface area contributed by atoms with Crippen molar-refractivity contribution in [1.82, 2.24) is 10.6 Å². The molecule has 2 atom stereocenters. The van der Waals surface area contributed by atoms with Crippen LogP contribution in [0.1, 0.15) is 24.3 Å². The fourth-order valence-corrected chi connectivity index (χ4v) is 2.68. The second-order valence-corrected chi connectivity index (χ2v) is 4.99. The summed E-state index contributed by atoms with van der Waals surface area (Å²) >= 11 is 0. The molecule has 0 amide bonds. The largest absolute Gasteiger partial charge is 0.489 e. The molecule has 0 bridgehead atoms. The van der Waals surface area contributed by atoms with Crippen molar-refractivity contribution >= 4 is 0 Å². The molecule has 0 saturated carbocycles. The second kappa shape index (κ2) is 5.07. The molecule has 2 aliphatic rings. The Morgan fingerprint density at radius 2 is 1.71 bits per heavy atom. The highest BCUT2D eigenvalue weighted by Crippen LogP contribution is 2.25. The predicted molar refractivity (Wildman–Crippen MR) is 68.6 cm³/mol. The lowest BCUT2D eigenvalue weighted by Gasteiger charge is -2.14. The maximum absolute atomic E-state index is 5.91. The SMILES string of the molecule is c1cc(C2CCNC2)ccc1OC1CCNC1. The summed E-state index contributed by atoms with van der Waals surface area (Å²) in [6.07, 6.45) is 2.73. The van der Waals surface area contributed by atoms with E-state index in [1.807, 2.05) is 0 Å². The summed E-state index contributed by atoms with van der Waals surface area (Å²) in [7, 11) is 0. The molecule has 1 aromatic rings. The summed E-state index contributed by atoms with van der Waals surface area (Å²) in [5.74, 6) is 1.70. The molecule has 3 nitrogen and oxygen atoms in total. The van der Waals surface area contributed by atoms with E-state index < -0.39 is 0 Å². The third-order valence-corrected chi connectivity index (χ3v) is 3.73. The summed E-state index contributed by atoms with van der Waals surface area (Å²) in [6, 6.07) is 8.67. The van der Waals surface area contributed by atoms with Gasteiger partial charge in [0.05, 0.1) is 0 Å². The van der Waals surface area contributed by atoms with Crippen molar-refractivity contribution in [1.29, 1.82) is 0 Å². The number of rotatable bonds is 3. The van der Waals surface area contributed by atoms with Crippen LogP contribution >= 0.6 is 0 Å². The van der Waals surface area contributed by atoms with Crippen molar-refractivity contribution in [3.63, 3.8) is 0 Å². The first-order chi connectivity index (χ1) is 8.42. The van der Waals surface area contributed by atoms with Crippen molar-refractivity contribution in [3.8, 4) is 5.75 Å². The van der Waals surface area contributed by atoms with Crippen LogP contribution in [0.4, 0.5) is 0 Å². The van der Waals surface area contributed by atoms with Crippen LogP contribution in [0, 0.1) is 0 Å². The highest BCUT2D eigenvalue weighted by Gasteiger charge is 2.18. The van der Waals surface area contributed by atoms with E-state index in [2.05, 4.69) is 34.9 Å². The van der Waals surface area contributed by atoms with Crippen molar-refractivity contribution in [2.45, 2.75) is 24.9 Å². The first-order valence-electron chi connectivity index (χ1n) is 6.60. The van der Waals surface area contributed by atoms with Gasteiger partial charge in [0.1, 0.15) is 11.9 Å². The molecule has 17 heavy (non-hydrogen) atoms. The Morgan fingerprint density at radius 3 is 2.35 bits per heavy atom. The number of benzene rings is 1. The molecule has 3 rings (SSSR count). The summed E-state index contributed by atoms with van der Waals surface area (Å²) in [4.78, 5) is 0. The van der Waals surface area contributed by atoms with Gasteiger partial charge in [0.15, 0.2) is 0 Å². The van der Waals surface area contributed by atoms with Crippen molar-refractivity contribution in [2.75, 3.05) is 26.2 Å². The molecule has 0 aliphatic carbocycles. The molecular formula is C14H20N2O. The molecule has 2 saturated heterocycles. The van der Waals surface area contributed by atoms with E-state index in [4.69, 9.17) is 4.74 Å². The van der Waals surface area contributed by atoms with Crippen LogP contribution in [0.2, 0.25) is 0 Å². The lowest BCUT2D eigenvalue weighted by molar-refractivity contribution is 0.223. The van der Waals surface area contributed by atoms with Crippen LogP contribution in [-0.4, -0.2) is 32.3 Å². The fraction of sp³-hybridized carbons (Fsp3) is 0.571. The van der Waals surface area contributed by atoms with E-state index in [0.29, 0.717) is 12.0 Å². The molecule has 2 heterocycles. The third kappa shape index (κ3) is 2.61. The Labute approximate surface area is 103 Å². The lowest BCUT2D eigenvalue weighted by atomic mass is 9.98. The van der Waals surface area contributed by atoms with E-state index in [1.165, 1.54) is 12.0 Å². The number of hydrogen-bond donors (Lipinski definition) is 2. The van der Waals surface area contributed by atoms with E-state index >= 15 is 0 Å². The van der Waals surface area contributed by atoms with Gasteiger partial charge in [-0.25, -0.2) is 0 Å². The minimum atomic E-state index is 0.356. The number of hydrogen-bond acceptors (Lipinski definition) is 3. The first kappa shape index (κ1) is 11.1. The molecule has 2 fully saturated rings. The smallest absolute Gasteiger partial charge is 0.119 e. The van der Waals surface area contributed by atoms with Crippen LogP contribution in [-0.2, 0) is 0 Å². The molecule has 3 heteroatoms. The average molecular weight is 232 g/mol. The lowest BCUT2D eigenvalue weighted by Crippen LogP contribution is -2.19. The molecule has 92 valence electrons. The Hall–Kier alpha value is -1.06. The number of nitrogens with one attached hydrogen (secondary N) is 2. The minimum absolute atomic E-state index is 0.356. The standard InChI is InChI=1S/C14H20N2O/c1-3-13(17-14-6-8-16-10-14)4-2-11(1)12-5-7-15-9-12/h1-4,12,14-16H,5-10H2. The molecule has 0 radical (unpaired) electrons. The average Bonchev–Trinajstić information content (AvgIpc) is 3.01. The van der Waals surface area contributed by atoms with E-state index in [9.17, 15) is 0 Å². The molecule has 0 spiro atoms. The highest BCUT2D eigenvalue weighted by atomic mass is 16.5. The topological polar surface area (TPSA) is 33.3 Å². The van der Waals surface area contributed by atoms with Crippen molar-refractivity contribution in [3.05, 3.63) is 29.8 Å². The van der Waals surface area contributed by atoms with Gasteiger partial charge in [-0.3, -0.25) is 0 Å². The monoisotopic (exact) mass is 232 g/mol. The maximum Gasteiger partial charge on any atom is 0.119 e. The zero-order valence-corrected chi connectivity index (χ0v) is 10.1. The fourth-order valence-electron chi connectivity index (χ4n) is 2.68. The Kier molecular flexibility index (Phi) is 3.29. The van der Waals surface area contributed by atoms with Crippen LogP contribution in [0.3, 0.4) is 0 Å². The minimum Gasteiger partial charge on any atom is -0.489 e. The summed E-state index contributed by atoms with van der Waals surface area (Å²) in [6.45, 7) is 4.33. The Morgan fingerprint density at radius 1 is 0.941 bits per heavy atom. The number of ether oxygens (including phenoxy) is 1. The van der Waals surface area contributed by atoms with Gasteiger partial charge in [-0.2, -0.15) is 0 Å². The molecule has 2 unspecified atom stereocenters. The van der Waals surface area contributed by atoms with Gasteiger partial charge in [0.25, 0.3) is 0 Å². The third-order valence-electron chi connectivity index (χ3n) is 3.73. The first-order valence-corrected chi connectivity index (χ1v) is 6.60. The Balaban J connectivity index is 1.62. The van der Waals surface area contributed by atoms with Crippen LogP contribution in [0.15, 0.2) is 24.3 Å². The van der Waals surface area contributed by atoms with Crippen molar-refractivity contribution < 1.29 is 4.74 Å². The molecule has 0 aromatic heterocycles. The van der Waals surface area contributed by atoms with Gasteiger partial charge in [0, 0.05) is 13.1 Å². The summed E-state index contributed by atoms with van der Waals surface area (Å²) < 4.78 is 5.91. The quantitative estimate of drug-likeness (QED) is 0.828. The van der Waals surface area contributed by atoms with Gasteiger partial charge in [-0.05, 0) is 49.5 Å². The predicted octanol–water partition coefficient (Wildman–Crippen LogP) is 1.50. The molecular weight excluding hydrogens is 212 g/mol. The van der Waals surface area contributed by atoms with Crippen LogP contribution < -0.4 is 15.4 Å². The maximum atomic E-state index is 5.91. The summed E-state index contributed by atoms with van der Waals surface area (Å²) in [5.41, 5.74) is 1.44. The van der Waals surface area contributed by atoms with E-state index in [-0.39, 0.29) is 0 Å².